The largest absolute Gasteiger partial charge is 0.481 e. The lowest BCUT2D eigenvalue weighted by Gasteiger charge is -2.33. The highest BCUT2D eigenvalue weighted by Gasteiger charge is 2.55. The van der Waals surface area contributed by atoms with Crippen molar-refractivity contribution in [3.63, 3.8) is 0 Å². The molecule has 5 nitrogen and oxygen atoms in total. The van der Waals surface area contributed by atoms with E-state index in [-0.39, 0.29) is 17.7 Å². The first-order chi connectivity index (χ1) is 10.5. The van der Waals surface area contributed by atoms with Crippen molar-refractivity contribution in [2.45, 2.75) is 19.3 Å². The number of carbonyl (C=O) groups excluding carboxylic acids is 1. The second kappa shape index (κ2) is 5.72. The maximum atomic E-state index is 12.7. The van der Waals surface area contributed by atoms with Crippen molar-refractivity contribution in [2.75, 3.05) is 26.3 Å². The first-order valence-corrected chi connectivity index (χ1v) is 7.69. The van der Waals surface area contributed by atoms with Crippen molar-refractivity contribution in [2.24, 2.45) is 11.3 Å². The Morgan fingerprint density at radius 1 is 1.36 bits per heavy atom. The average Bonchev–Trinajstić information content (AvgIpc) is 2.95. The van der Waals surface area contributed by atoms with Crippen molar-refractivity contribution in [3.8, 4) is 0 Å². The molecule has 2 heterocycles. The molecule has 5 heteroatoms. The van der Waals surface area contributed by atoms with Gasteiger partial charge in [0.05, 0.1) is 17.9 Å². The molecule has 2 saturated heterocycles. The van der Waals surface area contributed by atoms with Crippen LogP contribution >= 0.6 is 0 Å². The number of carboxylic acid groups (broad SMARTS) is 1. The molecule has 0 saturated carbocycles. The van der Waals surface area contributed by atoms with Gasteiger partial charge in [-0.3, -0.25) is 9.59 Å². The quantitative estimate of drug-likeness (QED) is 0.923. The fourth-order valence-corrected chi connectivity index (χ4v) is 3.63. The summed E-state index contributed by atoms with van der Waals surface area (Å²) in [5.74, 6) is -1.16. The van der Waals surface area contributed by atoms with Crippen LogP contribution in [0.2, 0.25) is 0 Å². The molecular formula is C17H21NO4. The molecule has 1 unspecified atom stereocenters. The van der Waals surface area contributed by atoms with E-state index in [0.717, 1.165) is 5.56 Å². The third-order valence-electron chi connectivity index (χ3n) is 5.11. The standard InChI is InChI=1S/C17H21NO4/c1-12(13-5-3-2-4-6-13)15(19)18-9-14-10-22-8-7-17(14,11-18)16(20)21/h2-6,12,14H,7-11H2,1H3,(H,20,21)/t12?,14-,17+/m0/s1. The van der Waals surface area contributed by atoms with Crippen LogP contribution in [0.3, 0.4) is 0 Å². The Labute approximate surface area is 129 Å². The van der Waals surface area contributed by atoms with Gasteiger partial charge in [-0.1, -0.05) is 30.3 Å². The van der Waals surface area contributed by atoms with Crippen LogP contribution in [-0.2, 0) is 14.3 Å². The van der Waals surface area contributed by atoms with Crippen molar-refractivity contribution in [1.29, 1.82) is 0 Å². The number of nitrogens with zero attached hydrogens (tertiary/aromatic N) is 1. The molecule has 1 amide bonds. The second-order valence-electron chi connectivity index (χ2n) is 6.33. The Bertz CT molecular complexity index is 573. The van der Waals surface area contributed by atoms with Crippen LogP contribution in [0.5, 0.6) is 0 Å². The van der Waals surface area contributed by atoms with Gasteiger partial charge >= 0.3 is 5.97 Å². The van der Waals surface area contributed by atoms with E-state index in [9.17, 15) is 14.7 Å². The van der Waals surface area contributed by atoms with E-state index >= 15 is 0 Å². The lowest BCUT2D eigenvalue weighted by molar-refractivity contribution is -0.157. The molecule has 3 atom stereocenters. The fourth-order valence-electron chi connectivity index (χ4n) is 3.63. The minimum Gasteiger partial charge on any atom is -0.481 e. The van der Waals surface area contributed by atoms with Crippen LogP contribution in [0.15, 0.2) is 30.3 Å². The molecule has 0 aliphatic carbocycles. The SMILES string of the molecule is CC(C(=O)N1C[C@H]2COCC[C@@]2(C(=O)O)C1)c1ccccc1. The zero-order valence-electron chi connectivity index (χ0n) is 12.7. The zero-order chi connectivity index (χ0) is 15.7. The summed E-state index contributed by atoms with van der Waals surface area (Å²) in [6.45, 7) is 3.53. The summed E-state index contributed by atoms with van der Waals surface area (Å²) in [5.41, 5.74) is 0.132. The number of likely N-dealkylation sites (tertiary alicyclic amines) is 1. The summed E-state index contributed by atoms with van der Waals surface area (Å²) < 4.78 is 5.43. The highest BCUT2D eigenvalue weighted by Crippen LogP contribution is 2.43. The molecule has 2 aliphatic heterocycles. The van der Waals surface area contributed by atoms with Crippen molar-refractivity contribution < 1.29 is 19.4 Å². The van der Waals surface area contributed by atoms with E-state index in [1.54, 1.807) is 4.90 Å². The first-order valence-electron chi connectivity index (χ1n) is 7.69. The smallest absolute Gasteiger partial charge is 0.311 e. The van der Waals surface area contributed by atoms with Gasteiger partial charge in [-0.25, -0.2) is 0 Å². The number of fused-ring (bicyclic) bond motifs is 1. The monoisotopic (exact) mass is 303 g/mol. The van der Waals surface area contributed by atoms with Gasteiger partial charge in [0, 0.05) is 25.6 Å². The van der Waals surface area contributed by atoms with Gasteiger partial charge in [-0.05, 0) is 18.9 Å². The van der Waals surface area contributed by atoms with E-state index in [1.165, 1.54) is 0 Å². The number of carbonyl (C=O) groups is 2. The fraction of sp³-hybridized carbons (Fsp3) is 0.529. The summed E-state index contributed by atoms with van der Waals surface area (Å²) in [6, 6.07) is 9.61. The van der Waals surface area contributed by atoms with Crippen LogP contribution in [0, 0.1) is 11.3 Å². The third kappa shape index (κ3) is 2.39. The minimum absolute atomic E-state index is 0.00113. The Morgan fingerprint density at radius 3 is 2.73 bits per heavy atom. The van der Waals surface area contributed by atoms with Gasteiger partial charge in [0.25, 0.3) is 0 Å². The van der Waals surface area contributed by atoms with Crippen molar-refractivity contribution in [3.05, 3.63) is 35.9 Å². The minimum atomic E-state index is -0.829. The number of amides is 1. The van der Waals surface area contributed by atoms with Crippen LogP contribution in [0.1, 0.15) is 24.8 Å². The third-order valence-corrected chi connectivity index (χ3v) is 5.11. The Hall–Kier alpha value is -1.88. The lowest BCUT2D eigenvalue weighted by atomic mass is 9.74. The van der Waals surface area contributed by atoms with Crippen LogP contribution in [0.25, 0.3) is 0 Å². The zero-order valence-corrected chi connectivity index (χ0v) is 12.7. The summed E-state index contributed by atoms with van der Waals surface area (Å²) in [7, 11) is 0. The van der Waals surface area contributed by atoms with Gasteiger partial charge in [0.1, 0.15) is 0 Å². The number of aliphatic carboxylic acids is 1. The Kier molecular flexibility index (Phi) is 3.91. The van der Waals surface area contributed by atoms with E-state index in [2.05, 4.69) is 0 Å². The predicted molar refractivity (Wildman–Crippen MR) is 80.4 cm³/mol. The molecule has 1 aromatic rings. The molecule has 118 valence electrons. The molecule has 2 fully saturated rings. The molecule has 2 aliphatic rings. The normalized spacial score (nSPS) is 29.0. The topological polar surface area (TPSA) is 66.8 Å². The second-order valence-corrected chi connectivity index (χ2v) is 6.33. The van der Waals surface area contributed by atoms with E-state index in [4.69, 9.17) is 4.74 Å². The molecule has 3 rings (SSSR count). The molecular weight excluding hydrogens is 282 g/mol. The number of hydrogen-bond acceptors (Lipinski definition) is 3. The first kappa shape index (κ1) is 15.0. The maximum absolute atomic E-state index is 12.7. The number of ether oxygens (including phenoxy) is 1. The maximum Gasteiger partial charge on any atom is 0.311 e. The molecule has 0 radical (unpaired) electrons. The van der Waals surface area contributed by atoms with Gasteiger partial charge in [0.2, 0.25) is 5.91 Å². The van der Waals surface area contributed by atoms with Crippen LogP contribution < -0.4 is 0 Å². The van der Waals surface area contributed by atoms with Gasteiger partial charge in [-0.15, -0.1) is 0 Å². The highest BCUT2D eigenvalue weighted by molar-refractivity contribution is 5.85. The van der Waals surface area contributed by atoms with E-state index in [1.807, 2.05) is 37.3 Å². The summed E-state index contributed by atoms with van der Waals surface area (Å²) in [5, 5.41) is 9.66. The van der Waals surface area contributed by atoms with Gasteiger partial charge in [0.15, 0.2) is 0 Å². The molecule has 1 aromatic carbocycles. The molecule has 22 heavy (non-hydrogen) atoms. The van der Waals surface area contributed by atoms with Gasteiger partial charge < -0.3 is 14.7 Å². The van der Waals surface area contributed by atoms with E-state index < -0.39 is 11.4 Å². The summed E-state index contributed by atoms with van der Waals surface area (Å²) in [4.78, 5) is 26.2. The van der Waals surface area contributed by atoms with Crippen molar-refractivity contribution in [1.82, 2.24) is 4.90 Å². The Morgan fingerprint density at radius 2 is 2.09 bits per heavy atom. The predicted octanol–water partition coefficient (Wildman–Crippen LogP) is 1.74. The molecule has 1 N–H and O–H groups in total. The van der Waals surface area contributed by atoms with Crippen molar-refractivity contribution >= 4 is 11.9 Å². The molecule has 0 aromatic heterocycles. The van der Waals surface area contributed by atoms with E-state index in [0.29, 0.717) is 32.7 Å². The van der Waals surface area contributed by atoms with Crippen LogP contribution in [-0.4, -0.2) is 48.2 Å². The highest BCUT2D eigenvalue weighted by atomic mass is 16.5. The Balaban J connectivity index is 1.79. The lowest BCUT2D eigenvalue weighted by Crippen LogP contribution is -2.45. The number of hydrogen-bond donors (Lipinski definition) is 1. The number of rotatable bonds is 3. The molecule has 0 bridgehead atoms. The van der Waals surface area contributed by atoms with Gasteiger partial charge in [-0.2, -0.15) is 0 Å². The summed E-state index contributed by atoms with van der Waals surface area (Å²) >= 11 is 0. The number of carboxylic acids is 1. The summed E-state index contributed by atoms with van der Waals surface area (Å²) in [6.07, 6.45) is 0.483. The average molecular weight is 303 g/mol. The van der Waals surface area contributed by atoms with Crippen LogP contribution in [0.4, 0.5) is 0 Å². The molecule has 0 spiro atoms. The number of benzene rings is 1.